The number of pyridine rings is 1. The minimum Gasteiger partial charge on any atom is -0.508 e. The first-order valence-corrected chi connectivity index (χ1v) is 25.2. The molecule has 3 saturated heterocycles. The van der Waals surface area contributed by atoms with Gasteiger partial charge in [-0.2, -0.15) is 14.9 Å². The van der Waals surface area contributed by atoms with Gasteiger partial charge in [-0.1, -0.05) is 43.9 Å². The number of anilines is 3. The van der Waals surface area contributed by atoms with E-state index < -0.39 is 0 Å². The monoisotopic (exact) mass is 947 g/mol. The Morgan fingerprint density at radius 3 is 2.35 bits per heavy atom. The van der Waals surface area contributed by atoms with Crippen LogP contribution in [0.2, 0.25) is 5.02 Å². The number of aromatic hydroxyl groups is 1. The summed E-state index contributed by atoms with van der Waals surface area (Å²) in [5, 5.41) is 38.7. The first-order chi connectivity index (χ1) is 33.3. The number of amides is 1. The van der Waals surface area contributed by atoms with Crippen molar-refractivity contribution < 1.29 is 19.7 Å². The molecule has 0 radical (unpaired) electrons. The molecule has 4 fully saturated rings. The number of aromatic nitrogens is 6. The van der Waals surface area contributed by atoms with Gasteiger partial charge in [-0.3, -0.25) is 4.79 Å². The van der Waals surface area contributed by atoms with Crippen LogP contribution >= 0.6 is 11.6 Å². The number of nitrogens with zero attached hydrogens (tertiary/aromatic N) is 10. The van der Waals surface area contributed by atoms with Crippen LogP contribution in [0.25, 0.3) is 5.65 Å². The number of aliphatic hydroxyl groups is 1. The standard InChI is InChI=1S/C44H63N11O3.C7H4ClNO/c1-2-35-29-49-55-39(24-40(51-42(35)55)54-18-7-6-10-38(54)17-23-56)45-25-34-11-12-41(46-26-34)58-31-33-13-19-52(20-14-33)30-32-15-21-53(22-16-32)44-47-27-36(28-48-44)43(57)50-37-8-4-3-5-9-37;8-7-3-6(10)2-1-5(7)4-9/h11-12,24,26-29,32-33,37-38,45,56H,2-10,13-23,25,30-31H2,1H3,(H,50,57);1-3,10H. The van der Waals surface area contributed by atoms with E-state index in [0.717, 1.165) is 138 Å². The fraction of sp³-hybridized carbons (Fsp3) is 0.549. The summed E-state index contributed by atoms with van der Waals surface area (Å²) in [4.78, 5) is 38.8. The molecule has 5 aromatic rings. The second-order valence-corrected chi connectivity index (χ2v) is 19.2. The van der Waals surface area contributed by atoms with E-state index >= 15 is 0 Å². The number of carbonyl (C=O) groups is 1. The zero-order valence-electron chi connectivity index (χ0n) is 39.4. The Labute approximate surface area is 405 Å². The van der Waals surface area contributed by atoms with Crippen LogP contribution < -0.4 is 25.2 Å². The highest BCUT2D eigenvalue weighted by Crippen LogP contribution is 2.30. The number of fused-ring (bicyclic) bond motifs is 1. The first-order valence-electron chi connectivity index (χ1n) is 24.8. The third-order valence-electron chi connectivity index (χ3n) is 14.1. The van der Waals surface area contributed by atoms with Crippen LogP contribution in [0.3, 0.4) is 0 Å². The van der Waals surface area contributed by atoms with Crippen LogP contribution in [0.15, 0.2) is 61.2 Å². The SMILES string of the molecule is CCc1cnn2c(NCc3ccc(OCC4CCN(CC5CCN(c6ncc(C(=O)NC7CCCCC7)cn6)CC5)CC4)nc3)cc(N3CCCCC3CCO)nc12.N#Cc1ccc(O)cc1Cl. The number of piperidine rings is 3. The summed E-state index contributed by atoms with van der Waals surface area (Å²) in [6, 6.07) is 12.9. The number of benzene rings is 1. The highest BCUT2D eigenvalue weighted by molar-refractivity contribution is 6.31. The molecule has 1 atom stereocenters. The Balaban J connectivity index is 0.000000556. The van der Waals surface area contributed by atoms with Gasteiger partial charge in [0.05, 0.1) is 29.0 Å². The molecule has 0 bridgehead atoms. The highest BCUT2D eigenvalue weighted by atomic mass is 35.5. The molecule has 362 valence electrons. The molecule has 3 aliphatic heterocycles. The lowest BCUT2D eigenvalue weighted by Gasteiger charge is -2.37. The van der Waals surface area contributed by atoms with Crippen molar-refractivity contribution in [3.8, 4) is 17.7 Å². The Morgan fingerprint density at radius 2 is 1.65 bits per heavy atom. The first kappa shape index (κ1) is 48.7. The predicted molar refractivity (Wildman–Crippen MR) is 264 cm³/mol. The molecule has 7 heterocycles. The number of halogens is 1. The molecule has 1 saturated carbocycles. The molecule has 4 aromatic heterocycles. The number of phenolic OH excluding ortho intramolecular Hbond substituents is 1. The molecule has 4 N–H and O–H groups in total. The number of likely N-dealkylation sites (tertiary alicyclic amines) is 1. The van der Waals surface area contributed by atoms with Crippen molar-refractivity contribution in [1.29, 1.82) is 5.26 Å². The molecule has 68 heavy (non-hydrogen) atoms. The molecule has 17 heteroatoms. The second kappa shape index (κ2) is 24.0. The van der Waals surface area contributed by atoms with E-state index in [1.807, 2.05) is 29.0 Å². The lowest BCUT2D eigenvalue weighted by molar-refractivity contribution is 0.0927. The van der Waals surface area contributed by atoms with E-state index in [1.165, 1.54) is 43.9 Å². The highest BCUT2D eigenvalue weighted by Gasteiger charge is 2.28. The predicted octanol–water partition coefficient (Wildman–Crippen LogP) is 7.82. The summed E-state index contributed by atoms with van der Waals surface area (Å²) in [6.45, 7) is 9.85. The van der Waals surface area contributed by atoms with Crippen molar-refractivity contribution in [2.45, 2.75) is 115 Å². The van der Waals surface area contributed by atoms with E-state index in [9.17, 15) is 9.90 Å². The van der Waals surface area contributed by atoms with Crippen LogP contribution in [-0.4, -0.2) is 115 Å². The lowest BCUT2D eigenvalue weighted by atomic mass is 9.93. The van der Waals surface area contributed by atoms with Crippen LogP contribution in [0, 0.1) is 23.2 Å². The number of nitrogens with one attached hydrogen (secondary N) is 2. The van der Waals surface area contributed by atoms with Gasteiger partial charge in [0.1, 0.15) is 23.5 Å². The zero-order chi connectivity index (χ0) is 47.2. The Kier molecular flexibility index (Phi) is 17.2. The fourth-order valence-electron chi connectivity index (χ4n) is 9.99. The normalized spacial score (nSPS) is 18.7. The van der Waals surface area contributed by atoms with Crippen LogP contribution in [0.4, 0.5) is 17.6 Å². The second-order valence-electron chi connectivity index (χ2n) is 18.8. The number of carbonyl (C=O) groups excluding carboxylic acids is 1. The van der Waals surface area contributed by atoms with Crippen LogP contribution in [-0.2, 0) is 13.0 Å². The summed E-state index contributed by atoms with van der Waals surface area (Å²) < 4.78 is 8.11. The largest absolute Gasteiger partial charge is 0.508 e. The molecular weight excluding hydrogens is 880 g/mol. The van der Waals surface area contributed by atoms with Crippen molar-refractivity contribution >= 4 is 40.7 Å². The molecule has 9 rings (SSSR count). The van der Waals surface area contributed by atoms with Crippen LogP contribution in [0.1, 0.15) is 117 Å². The fourth-order valence-corrected chi connectivity index (χ4v) is 10.2. The van der Waals surface area contributed by atoms with Crippen molar-refractivity contribution in [3.05, 3.63) is 88.5 Å². The Hall–Kier alpha value is -5.76. The summed E-state index contributed by atoms with van der Waals surface area (Å²) >= 11 is 5.55. The smallest absolute Gasteiger partial charge is 0.254 e. The van der Waals surface area contributed by atoms with Crippen molar-refractivity contribution in [1.82, 2.24) is 39.8 Å². The quantitative estimate of drug-likeness (QED) is 0.0794. The van der Waals surface area contributed by atoms with Gasteiger partial charge in [0.15, 0.2) is 5.65 Å². The van der Waals surface area contributed by atoms with E-state index in [1.54, 1.807) is 12.4 Å². The van der Waals surface area contributed by atoms with Crippen molar-refractivity contribution in [3.63, 3.8) is 0 Å². The molecule has 4 aliphatic rings. The van der Waals surface area contributed by atoms with Gasteiger partial charge in [-0.25, -0.2) is 19.9 Å². The summed E-state index contributed by atoms with van der Waals surface area (Å²) in [6.07, 6.45) is 22.6. The number of hydrogen-bond acceptors (Lipinski definition) is 14. The molecule has 1 amide bonds. The van der Waals surface area contributed by atoms with E-state index in [4.69, 9.17) is 31.7 Å². The molecular formula is C51H67ClN12O4. The minimum absolute atomic E-state index is 0.0524. The minimum atomic E-state index is -0.0524. The van der Waals surface area contributed by atoms with Gasteiger partial charge in [0, 0.05) is 87.7 Å². The number of ether oxygens (including phenoxy) is 1. The topological polar surface area (TPSA) is 193 Å². The number of rotatable bonds is 15. The van der Waals surface area contributed by atoms with Crippen molar-refractivity contribution in [2.24, 2.45) is 11.8 Å². The average molecular weight is 948 g/mol. The molecule has 16 nitrogen and oxygen atoms in total. The number of aryl methyl sites for hydroxylation is 1. The van der Waals surface area contributed by atoms with Gasteiger partial charge in [-0.15, -0.1) is 0 Å². The summed E-state index contributed by atoms with van der Waals surface area (Å²) in [5.74, 6) is 4.49. The maximum absolute atomic E-state index is 12.7. The third kappa shape index (κ3) is 12.9. The maximum atomic E-state index is 12.7. The molecule has 1 aromatic carbocycles. The Morgan fingerprint density at radius 1 is 0.882 bits per heavy atom. The van der Waals surface area contributed by atoms with Gasteiger partial charge < -0.3 is 40.3 Å². The number of aliphatic hydroxyl groups excluding tert-OH is 1. The third-order valence-corrected chi connectivity index (χ3v) is 14.4. The summed E-state index contributed by atoms with van der Waals surface area (Å²) in [7, 11) is 0. The van der Waals surface area contributed by atoms with E-state index in [2.05, 4.69) is 64.4 Å². The van der Waals surface area contributed by atoms with Gasteiger partial charge in [-0.05, 0) is 119 Å². The van der Waals surface area contributed by atoms with Gasteiger partial charge in [0.25, 0.3) is 5.91 Å². The van der Waals surface area contributed by atoms with Crippen LogP contribution in [0.5, 0.6) is 11.6 Å². The lowest BCUT2D eigenvalue weighted by Crippen LogP contribution is -2.42. The maximum Gasteiger partial charge on any atom is 0.254 e. The van der Waals surface area contributed by atoms with E-state index in [0.29, 0.717) is 48.0 Å². The number of phenols is 1. The number of nitriles is 1. The molecule has 1 aliphatic carbocycles. The zero-order valence-corrected chi connectivity index (χ0v) is 40.2. The Bertz CT molecular complexity index is 2420. The summed E-state index contributed by atoms with van der Waals surface area (Å²) in [5.41, 5.74) is 4.00. The molecule has 0 spiro atoms. The van der Waals surface area contributed by atoms with Gasteiger partial charge >= 0.3 is 0 Å². The average Bonchev–Trinajstić information content (AvgIpc) is 3.80. The number of hydrogen-bond donors (Lipinski definition) is 4. The van der Waals surface area contributed by atoms with Gasteiger partial charge in [0.2, 0.25) is 11.8 Å². The van der Waals surface area contributed by atoms with Crippen molar-refractivity contribution in [2.75, 3.05) is 67.6 Å². The van der Waals surface area contributed by atoms with E-state index in [-0.39, 0.29) is 29.3 Å². The molecule has 1 unspecified atom stereocenters.